The number of quaternary nitrogens is 1. The van der Waals surface area contributed by atoms with Crippen molar-refractivity contribution in [3.63, 3.8) is 0 Å². The molecule has 4 rings (SSSR count). The van der Waals surface area contributed by atoms with Crippen molar-refractivity contribution in [1.82, 2.24) is 19.8 Å². The van der Waals surface area contributed by atoms with Crippen LogP contribution in [0.15, 0.2) is 60.9 Å². The molecule has 2 unspecified atom stereocenters. The number of aliphatic hydroxyl groups excluding tert-OH is 2. The molecular formula is C40H56N5O5+. The minimum atomic E-state index is -1.11. The molecule has 5 atom stereocenters. The van der Waals surface area contributed by atoms with E-state index < -0.39 is 36.1 Å². The molecule has 1 saturated carbocycles. The predicted octanol–water partition coefficient (Wildman–Crippen LogP) is 3.45. The lowest BCUT2D eigenvalue weighted by molar-refractivity contribution is -0.620. The van der Waals surface area contributed by atoms with E-state index in [-0.39, 0.29) is 30.6 Å². The number of benzene rings is 2. The number of fused-ring (bicyclic) bond motifs is 1. The third-order valence-electron chi connectivity index (χ3n) is 9.98. The van der Waals surface area contributed by atoms with Crippen LogP contribution in [0.1, 0.15) is 77.2 Å². The Hall–Kier alpha value is -4.04. The average molecular weight is 687 g/mol. The number of aromatic nitrogens is 2. The highest BCUT2D eigenvalue weighted by Crippen LogP contribution is 2.28. The Morgan fingerprint density at radius 1 is 1.06 bits per heavy atom. The van der Waals surface area contributed by atoms with Gasteiger partial charge < -0.3 is 25.0 Å². The molecule has 1 aromatic heterocycles. The van der Waals surface area contributed by atoms with Gasteiger partial charge in [0.2, 0.25) is 11.8 Å². The summed E-state index contributed by atoms with van der Waals surface area (Å²) in [6.45, 7) is 4.94. The first-order valence-electron chi connectivity index (χ1n) is 18.2. The van der Waals surface area contributed by atoms with Crippen LogP contribution < -0.4 is 10.6 Å². The van der Waals surface area contributed by atoms with Crippen molar-refractivity contribution in [3.05, 3.63) is 66.5 Å². The Morgan fingerprint density at radius 3 is 2.46 bits per heavy atom. The Labute approximate surface area is 297 Å². The quantitative estimate of drug-likeness (QED) is 0.151. The number of imidazole rings is 1. The van der Waals surface area contributed by atoms with Gasteiger partial charge in [-0.05, 0) is 42.4 Å². The van der Waals surface area contributed by atoms with Crippen molar-refractivity contribution >= 4 is 28.8 Å². The fourth-order valence-electron chi connectivity index (χ4n) is 7.07. The summed E-state index contributed by atoms with van der Waals surface area (Å²) in [6.07, 6.45) is 12.1. The number of carbonyl (C=O) groups excluding carboxylic acids is 3. The number of nitrogens with one attached hydrogen (secondary N) is 1. The lowest BCUT2D eigenvalue weighted by Crippen LogP contribution is -2.98. The largest absolute Gasteiger partial charge is 0.390 e. The van der Waals surface area contributed by atoms with Crippen molar-refractivity contribution < 1.29 is 29.9 Å². The summed E-state index contributed by atoms with van der Waals surface area (Å²) in [7, 11) is 1.73. The van der Waals surface area contributed by atoms with E-state index in [2.05, 4.69) is 16.2 Å². The highest BCUT2D eigenvalue weighted by Gasteiger charge is 2.37. The summed E-state index contributed by atoms with van der Waals surface area (Å²) in [5.41, 5.74) is 2.77. The average Bonchev–Trinajstić information content (AvgIpc) is 3.53. The second-order valence-electron chi connectivity index (χ2n) is 14.5. The first-order valence-corrected chi connectivity index (χ1v) is 18.2. The number of para-hydroxylation sites is 2. The number of amides is 3. The molecule has 0 radical (unpaired) electrons. The van der Waals surface area contributed by atoms with E-state index in [1.165, 1.54) is 11.7 Å². The van der Waals surface area contributed by atoms with Crippen molar-refractivity contribution in [2.75, 3.05) is 13.6 Å². The standard InChI is InChI=1S/C40H55N5O5/c1-5-14-33(40(50)43-34(25-30-17-10-7-11-18-30)38(48)36(46)23-28(2)3)42-39(49)31(24-29-15-8-6-9-16-29)26-37(47)44(4)21-22-45-27-41-32-19-12-13-20-35(32)45/h1,6,8-9,12-13,15-16,19-20,27-28,30-31,33-34,36,38,46,48H,7,10-11,14,17-18,21-26H2,2-4H3,(H,42,49)(H,43,50)/p+1/t31?,33-,34-,36-,38?/m0/s1. The van der Waals surface area contributed by atoms with E-state index >= 15 is 0 Å². The van der Waals surface area contributed by atoms with Crippen molar-refractivity contribution in [3.8, 4) is 12.3 Å². The molecule has 0 aliphatic heterocycles. The lowest BCUT2D eigenvalue weighted by Gasteiger charge is -2.30. The molecule has 0 saturated heterocycles. The van der Waals surface area contributed by atoms with Gasteiger partial charge in [0.25, 0.3) is 0 Å². The van der Waals surface area contributed by atoms with Crippen LogP contribution in [0, 0.1) is 30.1 Å². The highest BCUT2D eigenvalue weighted by atomic mass is 16.3. The van der Waals surface area contributed by atoms with Gasteiger partial charge in [-0.3, -0.25) is 14.9 Å². The molecule has 2 aromatic carbocycles. The smallest absolute Gasteiger partial charge is 0.334 e. The molecule has 5 N–H and O–H groups in total. The summed E-state index contributed by atoms with van der Waals surface area (Å²) >= 11 is 0. The van der Waals surface area contributed by atoms with Gasteiger partial charge >= 0.3 is 5.91 Å². The van der Waals surface area contributed by atoms with E-state index in [9.17, 15) is 24.6 Å². The van der Waals surface area contributed by atoms with Gasteiger partial charge in [0.05, 0.1) is 29.4 Å². The normalized spacial score (nSPS) is 16.7. The summed E-state index contributed by atoms with van der Waals surface area (Å²) in [5.74, 6) is 1.31. The van der Waals surface area contributed by atoms with Crippen molar-refractivity contribution in [2.24, 2.45) is 17.8 Å². The molecule has 1 heterocycles. The molecule has 270 valence electrons. The minimum Gasteiger partial charge on any atom is -0.390 e. The topological polar surface area (TPSA) is 141 Å². The molecule has 0 spiro atoms. The first kappa shape index (κ1) is 38.8. The zero-order valence-corrected chi connectivity index (χ0v) is 29.9. The number of rotatable bonds is 18. The number of likely N-dealkylation sites (N-methyl/N-ethyl adjacent to an activating group) is 1. The molecule has 0 bridgehead atoms. The Kier molecular flexibility index (Phi) is 15.0. The maximum absolute atomic E-state index is 13.9. The number of primary amides is 1. The molecule has 50 heavy (non-hydrogen) atoms. The fraction of sp³-hybridized carbons (Fsp3) is 0.550. The van der Waals surface area contributed by atoms with Gasteiger partial charge in [0, 0.05) is 39.4 Å². The maximum atomic E-state index is 13.9. The number of carbonyl (C=O) groups is 3. The van der Waals surface area contributed by atoms with Crippen LogP contribution in [0.25, 0.3) is 11.0 Å². The molecule has 10 heteroatoms. The van der Waals surface area contributed by atoms with Crippen LogP contribution in [-0.4, -0.2) is 80.3 Å². The molecule has 1 aliphatic rings. The second-order valence-corrected chi connectivity index (χ2v) is 14.5. The fourth-order valence-corrected chi connectivity index (χ4v) is 7.07. The highest BCUT2D eigenvalue weighted by molar-refractivity contribution is 5.89. The molecule has 1 fully saturated rings. The first-order chi connectivity index (χ1) is 24.0. The van der Waals surface area contributed by atoms with Gasteiger partial charge in [-0.15, -0.1) is 12.3 Å². The Bertz CT molecular complexity index is 1560. The van der Waals surface area contributed by atoms with E-state index in [0.717, 1.165) is 42.3 Å². The number of aliphatic hydroxyl groups is 2. The zero-order valence-electron chi connectivity index (χ0n) is 29.9. The number of nitrogens with zero attached hydrogens (tertiary/aromatic N) is 3. The molecule has 3 amide bonds. The number of hydrogen-bond acceptors (Lipinski definition) is 6. The van der Waals surface area contributed by atoms with E-state index in [4.69, 9.17) is 6.42 Å². The molecule has 3 aromatic rings. The van der Waals surface area contributed by atoms with Crippen molar-refractivity contribution in [2.45, 2.75) is 109 Å². The molecular weight excluding hydrogens is 630 g/mol. The van der Waals surface area contributed by atoms with Gasteiger partial charge in [-0.25, -0.2) is 9.78 Å². The van der Waals surface area contributed by atoms with Gasteiger partial charge in [0.1, 0.15) is 12.1 Å². The second kappa shape index (κ2) is 19.4. The maximum Gasteiger partial charge on any atom is 0.334 e. The zero-order chi connectivity index (χ0) is 36.0. The molecule has 10 nitrogen and oxygen atoms in total. The number of nitrogens with two attached hydrogens (primary N) is 1. The predicted molar refractivity (Wildman–Crippen MR) is 194 cm³/mol. The van der Waals surface area contributed by atoms with Crippen LogP contribution in [-0.2, 0) is 27.3 Å². The van der Waals surface area contributed by atoms with Crippen molar-refractivity contribution in [1.29, 1.82) is 0 Å². The third kappa shape index (κ3) is 11.5. The van der Waals surface area contributed by atoms with Gasteiger partial charge in [-0.2, -0.15) is 0 Å². The van der Waals surface area contributed by atoms with Crippen LogP contribution in [0.5, 0.6) is 0 Å². The van der Waals surface area contributed by atoms with Crippen LogP contribution in [0.4, 0.5) is 0 Å². The Morgan fingerprint density at radius 2 is 1.76 bits per heavy atom. The van der Waals surface area contributed by atoms with Crippen LogP contribution >= 0.6 is 0 Å². The monoisotopic (exact) mass is 686 g/mol. The Balaban J connectivity index is 1.45. The molecule has 1 aliphatic carbocycles. The van der Waals surface area contributed by atoms with Gasteiger partial charge in [-0.1, -0.05) is 88.4 Å². The summed E-state index contributed by atoms with van der Waals surface area (Å²) in [5, 5.41) is 26.5. The van der Waals surface area contributed by atoms with Crippen LogP contribution in [0.2, 0.25) is 0 Å². The summed E-state index contributed by atoms with van der Waals surface area (Å²) in [6, 6.07) is 15.7. The lowest BCUT2D eigenvalue weighted by atomic mass is 9.82. The summed E-state index contributed by atoms with van der Waals surface area (Å²) < 4.78 is 2.00. The number of terminal acetylenes is 1. The number of hydrogen-bond donors (Lipinski definition) is 4. The van der Waals surface area contributed by atoms with E-state index in [1.807, 2.05) is 73.0 Å². The van der Waals surface area contributed by atoms with E-state index in [0.29, 0.717) is 38.3 Å². The summed E-state index contributed by atoms with van der Waals surface area (Å²) in [4.78, 5) is 47.3. The van der Waals surface area contributed by atoms with Gasteiger partial charge in [0.15, 0.2) is 6.04 Å². The third-order valence-corrected chi connectivity index (χ3v) is 9.98. The van der Waals surface area contributed by atoms with Crippen LogP contribution in [0.3, 0.4) is 0 Å². The minimum absolute atomic E-state index is 0.0351. The van der Waals surface area contributed by atoms with E-state index in [1.54, 1.807) is 18.3 Å². The SMILES string of the molecule is C#CC[C@H](NC(=O)C(CC(=O)N(C)CCn1cnc2ccccc21)Cc1ccccc1)C(=O)[NH2+][C@@H](CC1CCCCC1)C(O)[C@@H](O)CC(C)C.